The van der Waals surface area contributed by atoms with Crippen LogP contribution in [0.2, 0.25) is 0 Å². The second-order valence-corrected chi connectivity index (χ2v) is 4.87. The van der Waals surface area contributed by atoms with E-state index in [-0.39, 0.29) is 6.61 Å². The Morgan fingerprint density at radius 1 is 1.05 bits per heavy atom. The van der Waals surface area contributed by atoms with Crippen LogP contribution < -0.4 is 0 Å². The van der Waals surface area contributed by atoms with Gasteiger partial charge in [-0.1, -0.05) is 71.0 Å². The van der Waals surface area contributed by atoms with Gasteiger partial charge < -0.3 is 4.74 Å². The second-order valence-electron chi connectivity index (χ2n) is 4.01. The summed E-state index contributed by atoms with van der Waals surface area (Å²) < 4.78 is 6.18. The molecule has 96 valence electrons. The number of carbonyl (C=O) groups is 1. The van der Waals surface area contributed by atoms with Gasteiger partial charge in [0.25, 0.3) is 0 Å². The third kappa shape index (κ3) is 3.55. The Morgan fingerprint density at radius 3 is 2.37 bits per heavy atom. The van der Waals surface area contributed by atoms with Crippen molar-refractivity contribution in [3.63, 3.8) is 0 Å². The summed E-state index contributed by atoms with van der Waals surface area (Å²) in [5.74, 6) is -0.401. The summed E-state index contributed by atoms with van der Waals surface area (Å²) in [5, 5.41) is 0. The van der Waals surface area contributed by atoms with Crippen LogP contribution in [0, 0.1) is 0 Å². The summed E-state index contributed by atoms with van der Waals surface area (Å²) >= 11 is 3.41. The molecule has 0 fully saturated rings. The van der Waals surface area contributed by atoms with Crippen molar-refractivity contribution in [2.75, 3.05) is 0 Å². The quantitative estimate of drug-likeness (QED) is 0.624. The Kier molecular flexibility index (Phi) is 4.53. The molecule has 0 bridgehead atoms. The molecule has 0 saturated carbocycles. The lowest BCUT2D eigenvalue weighted by atomic mass is 10.1. The number of hydrogen-bond acceptors (Lipinski definition) is 2. The van der Waals surface area contributed by atoms with Crippen LogP contribution in [0.1, 0.15) is 11.1 Å². The zero-order chi connectivity index (χ0) is 13.7. The molecule has 0 aliphatic carbocycles. The van der Waals surface area contributed by atoms with E-state index in [0.29, 0.717) is 5.57 Å². The Hall–Kier alpha value is -1.87. The zero-order valence-corrected chi connectivity index (χ0v) is 11.9. The topological polar surface area (TPSA) is 26.3 Å². The van der Waals surface area contributed by atoms with Crippen molar-refractivity contribution < 1.29 is 9.53 Å². The fourth-order valence-corrected chi connectivity index (χ4v) is 2.00. The highest BCUT2D eigenvalue weighted by Gasteiger charge is 2.11. The predicted octanol–water partition coefficient (Wildman–Crippen LogP) is 4.21. The second kappa shape index (κ2) is 6.34. The largest absolute Gasteiger partial charge is 0.457 e. The number of carbonyl (C=O) groups excluding carboxylic acids is 1. The van der Waals surface area contributed by atoms with Gasteiger partial charge in [-0.2, -0.15) is 0 Å². The van der Waals surface area contributed by atoms with Crippen molar-refractivity contribution in [3.8, 4) is 0 Å². The molecule has 0 atom stereocenters. The molecule has 0 saturated heterocycles. The number of halogens is 1. The number of benzene rings is 2. The summed E-state index contributed by atoms with van der Waals surface area (Å²) in [6.45, 7) is 4.00. The van der Waals surface area contributed by atoms with Gasteiger partial charge in [-0.3, -0.25) is 0 Å². The maximum atomic E-state index is 11.9. The molecule has 2 rings (SSSR count). The highest BCUT2D eigenvalue weighted by atomic mass is 79.9. The first kappa shape index (κ1) is 13.6. The van der Waals surface area contributed by atoms with Crippen molar-refractivity contribution in [2.45, 2.75) is 6.61 Å². The minimum absolute atomic E-state index is 0.228. The maximum absolute atomic E-state index is 11.9. The molecule has 0 aliphatic rings. The smallest absolute Gasteiger partial charge is 0.338 e. The normalized spacial score (nSPS) is 9.95. The minimum atomic E-state index is -0.401. The average Bonchev–Trinajstić information content (AvgIpc) is 2.46. The standard InChI is InChI=1S/C16H13BrO2/c1-12(13-7-3-2-4-8-13)16(18)19-11-14-9-5-6-10-15(14)17/h2-10H,1,11H2. The molecular formula is C16H13BrO2. The first-order valence-corrected chi connectivity index (χ1v) is 6.62. The minimum Gasteiger partial charge on any atom is -0.457 e. The number of hydrogen-bond donors (Lipinski definition) is 0. The van der Waals surface area contributed by atoms with E-state index in [1.807, 2.05) is 54.6 Å². The van der Waals surface area contributed by atoms with Crippen molar-refractivity contribution in [2.24, 2.45) is 0 Å². The Morgan fingerprint density at radius 2 is 1.68 bits per heavy atom. The first-order valence-electron chi connectivity index (χ1n) is 5.83. The molecule has 0 heterocycles. The average molecular weight is 317 g/mol. The van der Waals surface area contributed by atoms with Crippen LogP contribution in [0.4, 0.5) is 0 Å². The summed E-state index contributed by atoms with van der Waals surface area (Å²) in [5.41, 5.74) is 2.07. The zero-order valence-electron chi connectivity index (χ0n) is 10.3. The van der Waals surface area contributed by atoms with Crippen molar-refractivity contribution >= 4 is 27.5 Å². The van der Waals surface area contributed by atoms with E-state index >= 15 is 0 Å². The third-order valence-corrected chi connectivity index (χ3v) is 3.46. The van der Waals surface area contributed by atoms with Crippen LogP contribution in [0.3, 0.4) is 0 Å². The Bertz CT molecular complexity index is 591. The molecule has 0 unspecified atom stereocenters. The molecule has 0 spiro atoms. The highest BCUT2D eigenvalue weighted by molar-refractivity contribution is 9.10. The van der Waals surface area contributed by atoms with E-state index in [4.69, 9.17) is 4.74 Å². The van der Waals surface area contributed by atoms with Crippen LogP contribution >= 0.6 is 15.9 Å². The number of esters is 1. The van der Waals surface area contributed by atoms with E-state index in [0.717, 1.165) is 15.6 Å². The van der Waals surface area contributed by atoms with Crippen molar-refractivity contribution in [1.82, 2.24) is 0 Å². The molecule has 0 aliphatic heterocycles. The van der Waals surface area contributed by atoms with Crippen LogP contribution in [-0.2, 0) is 16.1 Å². The van der Waals surface area contributed by atoms with E-state index in [1.165, 1.54) is 0 Å². The summed E-state index contributed by atoms with van der Waals surface area (Å²) in [7, 11) is 0. The predicted molar refractivity (Wildman–Crippen MR) is 79.4 cm³/mol. The molecule has 19 heavy (non-hydrogen) atoms. The van der Waals surface area contributed by atoms with Gasteiger partial charge in [0.2, 0.25) is 0 Å². The van der Waals surface area contributed by atoms with Crippen LogP contribution in [0.15, 0.2) is 65.6 Å². The fourth-order valence-electron chi connectivity index (χ4n) is 1.60. The lowest BCUT2D eigenvalue weighted by Crippen LogP contribution is -2.06. The van der Waals surface area contributed by atoms with Gasteiger partial charge in [-0.05, 0) is 11.6 Å². The Balaban J connectivity index is 1.99. The van der Waals surface area contributed by atoms with Gasteiger partial charge in [0, 0.05) is 10.0 Å². The summed E-state index contributed by atoms with van der Waals surface area (Å²) in [4.78, 5) is 11.9. The molecule has 0 N–H and O–H groups in total. The molecule has 2 nitrogen and oxygen atoms in total. The molecule has 0 radical (unpaired) electrons. The number of ether oxygens (including phenoxy) is 1. The maximum Gasteiger partial charge on any atom is 0.338 e. The van der Waals surface area contributed by atoms with Crippen LogP contribution in [0.25, 0.3) is 5.57 Å². The van der Waals surface area contributed by atoms with E-state index in [2.05, 4.69) is 22.5 Å². The molecule has 2 aromatic carbocycles. The van der Waals surface area contributed by atoms with E-state index < -0.39 is 5.97 Å². The lowest BCUT2D eigenvalue weighted by Gasteiger charge is -2.08. The molecule has 3 heteroatoms. The molecule has 0 amide bonds. The third-order valence-electron chi connectivity index (χ3n) is 2.69. The van der Waals surface area contributed by atoms with Gasteiger partial charge in [0.1, 0.15) is 6.61 Å². The van der Waals surface area contributed by atoms with Gasteiger partial charge in [0.15, 0.2) is 0 Å². The van der Waals surface area contributed by atoms with Gasteiger partial charge in [-0.15, -0.1) is 0 Å². The van der Waals surface area contributed by atoms with Gasteiger partial charge in [0.05, 0.1) is 5.57 Å². The highest BCUT2D eigenvalue weighted by Crippen LogP contribution is 2.19. The lowest BCUT2D eigenvalue weighted by molar-refractivity contribution is -0.137. The molecule has 2 aromatic rings. The Labute approximate surface area is 120 Å². The van der Waals surface area contributed by atoms with Crippen molar-refractivity contribution in [3.05, 3.63) is 76.8 Å². The molecule has 0 aromatic heterocycles. The number of rotatable bonds is 4. The van der Waals surface area contributed by atoms with Crippen LogP contribution in [0.5, 0.6) is 0 Å². The van der Waals surface area contributed by atoms with Gasteiger partial charge in [-0.25, -0.2) is 4.79 Å². The van der Waals surface area contributed by atoms with E-state index in [1.54, 1.807) is 0 Å². The monoisotopic (exact) mass is 316 g/mol. The summed E-state index contributed by atoms with van der Waals surface area (Å²) in [6, 6.07) is 16.9. The van der Waals surface area contributed by atoms with E-state index in [9.17, 15) is 4.79 Å². The SMILES string of the molecule is C=C(C(=O)OCc1ccccc1Br)c1ccccc1. The first-order chi connectivity index (χ1) is 9.18. The van der Waals surface area contributed by atoms with Gasteiger partial charge >= 0.3 is 5.97 Å². The van der Waals surface area contributed by atoms with Crippen molar-refractivity contribution in [1.29, 1.82) is 0 Å². The fraction of sp³-hybridized carbons (Fsp3) is 0.0625. The summed E-state index contributed by atoms with van der Waals surface area (Å²) in [6.07, 6.45) is 0. The van der Waals surface area contributed by atoms with Crippen LogP contribution in [-0.4, -0.2) is 5.97 Å². The molecular weight excluding hydrogens is 304 g/mol.